The van der Waals surface area contributed by atoms with E-state index in [1.807, 2.05) is 0 Å². The van der Waals surface area contributed by atoms with Crippen molar-refractivity contribution in [2.24, 2.45) is 0 Å². The number of carbonyl (C=O) groups excluding carboxylic acids is 1. The molecule has 0 saturated carbocycles. The monoisotopic (exact) mass is 336 g/mol. The first-order chi connectivity index (χ1) is 11.6. The van der Waals surface area contributed by atoms with Crippen LogP contribution in [0, 0.1) is 0 Å². The summed E-state index contributed by atoms with van der Waals surface area (Å²) >= 11 is 0. The van der Waals surface area contributed by atoms with Crippen LogP contribution in [0.25, 0.3) is 0 Å². The molecule has 2 heterocycles. The molecule has 0 aromatic carbocycles. The van der Waals surface area contributed by atoms with Crippen molar-refractivity contribution in [3.8, 4) is 5.88 Å². The van der Waals surface area contributed by atoms with Crippen molar-refractivity contribution in [3.63, 3.8) is 0 Å². The summed E-state index contributed by atoms with van der Waals surface area (Å²) in [7, 11) is 0. The van der Waals surface area contributed by atoms with E-state index >= 15 is 0 Å². The van der Waals surface area contributed by atoms with Crippen molar-refractivity contribution < 1.29 is 14.6 Å². The molecule has 7 nitrogen and oxygen atoms in total. The summed E-state index contributed by atoms with van der Waals surface area (Å²) in [4.78, 5) is 20.4. The minimum Gasteiger partial charge on any atom is -0.478 e. The molecule has 1 aromatic heterocycles. The molecule has 0 radical (unpaired) electrons. The zero-order valence-corrected chi connectivity index (χ0v) is 14.6. The maximum atomic E-state index is 12.3. The number of carbonyl (C=O) groups is 1. The number of aliphatic hydroxyl groups excluding tert-OH is 1. The molecule has 1 aliphatic rings. The van der Waals surface area contributed by atoms with E-state index in [0.29, 0.717) is 37.8 Å². The lowest BCUT2D eigenvalue weighted by Gasteiger charge is -2.35. The van der Waals surface area contributed by atoms with Crippen LogP contribution in [0.3, 0.4) is 0 Å². The molecular weight excluding hydrogens is 308 g/mol. The number of nitrogens with one attached hydrogen (secondary N) is 1. The van der Waals surface area contributed by atoms with E-state index in [2.05, 4.69) is 22.1 Å². The average Bonchev–Trinajstić information content (AvgIpc) is 2.57. The molecule has 2 N–H and O–H groups in total. The van der Waals surface area contributed by atoms with Crippen LogP contribution in [0.1, 0.15) is 26.7 Å². The number of urea groups is 1. The number of β-amino-alcohol motifs (C(OH)–C–C–N with tert-alkyl or cyclic N) is 1. The fourth-order valence-electron chi connectivity index (χ4n) is 2.57. The SMILES string of the molecule is CCCCOc1ccc(NC(=O)N2CCN(C[C@H](C)O)CC2)cn1. The van der Waals surface area contributed by atoms with Crippen LogP contribution in [0.2, 0.25) is 0 Å². The lowest BCUT2D eigenvalue weighted by atomic mass is 10.3. The highest BCUT2D eigenvalue weighted by Crippen LogP contribution is 2.13. The van der Waals surface area contributed by atoms with Crippen molar-refractivity contribution in [3.05, 3.63) is 18.3 Å². The maximum Gasteiger partial charge on any atom is 0.321 e. The Balaban J connectivity index is 1.76. The van der Waals surface area contributed by atoms with Gasteiger partial charge in [-0.1, -0.05) is 13.3 Å². The van der Waals surface area contributed by atoms with E-state index in [0.717, 1.165) is 25.9 Å². The molecule has 1 fully saturated rings. The van der Waals surface area contributed by atoms with Crippen LogP contribution >= 0.6 is 0 Å². The molecule has 24 heavy (non-hydrogen) atoms. The molecule has 0 spiro atoms. The number of pyridine rings is 1. The van der Waals surface area contributed by atoms with Crippen molar-refractivity contribution in [1.82, 2.24) is 14.8 Å². The molecule has 134 valence electrons. The molecule has 1 atom stereocenters. The largest absolute Gasteiger partial charge is 0.478 e. The van der Waals surface area contributed by atoms with E-state index in [-0.39, 0.29) is 12.1 Å². The smallest absolute Gasteiger partial charge is 0.321 e. The number of aliphatic hydroxyl groups is 1. The van der Waals surface area contributed by atoms with Gasteiger partial charge in [0.25, 0.3) is 0 Å². The number of nitrogens with zero attached hydrogens (tertiary/aromatic N) is 3. The summed E-state index contributed by atoms with van der Waals surface area (Å²) in [6.07, 6.45) is 3.36. The predicted octanol–water partition coefficient (Wildman–Crippen LogP) is 1.79. The van der Waals surface area contributed by atoms with Crippen LogP contribution in [0.5, 0.6) is 5.88 Å². The van der Waals surface area contributed by atoms with Gasteiger partial charge < -0.3 is 20.1 Å². The molecule has 2 rings (SSSR count). The number of hydrogen-bond donors (Lipinski definition) is 2. The summed E-state index contributed by atoms with van der Waals surface area (Å²) in [6, 6.07) is 3.45. The zero-order valence-electron chi connectivity index (χ0n) is 14.6. The van der Waals surface area contributed by atoms with Crippen LogP contribution in [0.4, 0.5) is 10.5 Å². The number of rotatable bonds is 7. The topological polar surface area (TPSA) is 77.9 Å². The van der Waals surface area contributed by atoms with Crippen molar-refractivity contribution in [2.75, 3.05) is 44.6 Å². The summed E-state index contributed by atoms with van der Waals surface area (Å²) in [5.41, 5.74) is 0.661. The van der Waals surface area contributed by atoms with Gasteiger partial charge in [-0.15, -0.1) is 0 Å². The molecule has 0 aliphatic carbocycles. The van der Waals surface area contributed by atoms with Gasteiger partial charge in [0.2, 0.25) is 5.88 Å². The Kier molecular flexibility index (Phi) is 7.27. The minimum absolute atomic E-state index is 0.117. The Bertz CT molecular complexity index is 499. The van der Waals surface area contributed by atoms with E-state index < -0.39 is 0 Å². The number of ether oxygens (including phenoxy) is 1. The zero-order chi connectivity index (χ0) is 17.4. The van der Waals surface area contributed by atoms with Gasteiger partial charge in [-0.05, 0) is 19.4 Å². The van der Waals surface area contributed by atoms with Crippen LogP contribution in [-0.2, 0) is 0 Å². The lowest BCUT2D eigenvalue weighted by Crippen LogP contribution is -2.51. The Morgan fingerprint density at radius 2 is 2.12 bits per heavy atom. The number of aromatic nitrogens is 1. The summed E-state index contributed by atoms with van der Waals surface area (Å²) in [5.74, 6) is 0.577. The van der Waals surface area contributed by atoms with Gasteiger partial charge in [0, 0.05) is 38.8 Å². The van der Waals surface area contributed by atoms with Crippen LogP contribution in [0.15, 0.2) is 18.3 Å². The van der Waals surface area contributed by atoms with E-state index in [4.69, 9.17) is 4.74 Å². The first-order valence-electron chi connectivity index (χ1n) is 8.63. The summed E-state index contributed by atoms with van der Waals surface area (Å²) < 4.78 is 5.51. The van der Waals surface area contributed by atoms with Gasteiger partial charge in [-0.2, -0.15) is 0 Å². The van der Waals surface area contributed by atoms with E-state index in [9.17, 15) is 9.90 Å². The van der Waals surface area contributed by atoms with Gasteiger partial charge in [-0.3, -0.25) is 4.90 Å². The number of piperazine rings is 1. The quantitative estimate of drug-likeness (QED) is 0.742. The van der Waals surface area contributed by atoms with E-state index in [1.165, 1.54) is 0 Å². The highest BCUT2D eigenvalue weighted by Gasteiger charge is 2.21. The van der Waals surface area contributed by atoms with Gasteiger partial charge in [0.15, 0.2) is 0 Å². The molecular formula is C17H28N4O3. The lowest BCUT2D eigenvalue weighted by molar-refractivity contribution is 0.0924. The minimum atomic E-state index is -0.338. The average molecular weight is 336 g/mol. The highest BCUT2D eigenvalue weighted by molar-refractivity contribution is 5.89. The van der Waals surface area contributed by atoms with Crippen LogP contribution < -0.4 is 10.1 Å². The Labute approximate surface area is 143 Å². The fourth-order valence-corrected chi connectivity index (χ4v) is 2.57. The fraction of sp³-hybridized carbons (Fsp3) is 0.647. The van der Waals surface area contributed by atoms with Gasteiger partial charge >= 0.3 is 6.03 Å². The predicted molar refractivity (Wildman–Crippen MR) is 93.4 cm³/mol. The van der Waals surface area contributed by atoms with Crippen LogP contribution in [-0.4, -0.2) is 71.4 Å². The van der Waals surface area contributed by atoms with Crippen molar-refractivity contribution >= 4 is 11.7 Å². The van der Waals surface area contributed by atoms with Gasteiger partial charge in [0.1, 0.15) is 0 Å². The van der Waals surface area contributed by atoms with E-state index in [1.54, 1.807) is 30.2 Å². The Morgan fingerprint density at radius 3 is 2.71 bits per heavy atom. The second-order valence-electron chi connectivity index (χ2n) is 6.15. The first-order valence-corrected chi connectivity index (χ1v) is 8.63. The summed E-state index contributed by atoms with van der Waals surface area (Å²) in [5, 5.41) is 12.3. The molecule has 1 aromatic rings. The standard InChI is InChI=1S/C17H28N4O3/c1-3-4-11-24-16-6-5-15(12-18-16)19-17(23)21-9-7-20(8-10-21)13-14(2)22/h5-6,12,14,22H,3-4,7-11,13H2,1-2H3,(H,19,23)/t14-/m0/s1. The highest BCUT2D eigenvalue weighted by atomic mass is 16.5. The molecule has 2 amide bonds. The van der Waals surface area contributed by atoms with Crippen molar-refractivity contribution in [2.45, 2.75) is 32.8 Å². The second kappa shape index (κ2) is 9.44. The maximum absolute atomic E-state index is 12.3. The number of hydrogen-bond acceptors (Lipinski definition) is 5. The molecule has 0 unspecified atom stereocenters. The Morgan fingerprint density at radius 1 is 1.38 bits per heavy atom. The molecule has 1 aliphatic heterocycles. The molecule has 1 saturated heterocycles. The number of anilines is 1. The molecule has 7 heteroatoms. The normalized spacial score (nSPS) is 16.7. The number of amides is 2. The third-order valence-electron chi connectivity index (χ3n) is 3.92. The third kappa shape index (κ3) is 5.98. The second-order valence-corrected chi connectivity index (χ2v) is 6.15. The summed E-state index contributed by atoms with van der Waals surface area (Å²) in [6.45, 7) is 8.07. The molecule has 0 bridgehead atoms. The Hall–Kier alpha value is -1.86. The van der Waals surface area contributed by atoms with Gasteiger partial charge in [-0.25, -0.2) is 9.78 Å². The van der Waals surface area contributed by atoms with Crippen molar-refractivity contribution in [1.29, 1.82) is 0 Å². The third-order valence-corrected chi connectivity index (χ3v) is 3.92. The number of unbranched alkanes of at least 4 members (excludes halogenated alkanes) is 1. The first kappa shape index (κ1) is 18.5. The van der Waals surface area contributed by atoms with Gasteiger partial charge in [0.05, 0.1) is 24.6 Å².